The zero-order chi connectivity index (χ0) is 25.9. The van der Waals surface area contributed by atoms with Crippen molar-refractivity contribution in [2.45, 2.75) is 51.8 Å². The number of carbonyl (C=O) groups is 4. The Labute approximate surface area is 204 Å². The molecular formula is C23H31N3O7S. The maximum atomic E-state index is 13.2. The summed E-state index contributed by atoms with van der Waals surface area (Å²) < 4.78 is 10.0. The Morgan fingerprint density at radius 3 is 2.32 bits per heavy atom. The second-order valence-corrected chi connectivity index (χ2v) is 8.42. The van der Waals surface area contributed by atoms with Gasteiger partial charge in [0.1, 0.15) is 23.4 Å². The molecule has 0 fully saturated rings. The molecule has 1 aromatic carbocycles. The summed E-state index contributed by atoms with van der Waals surface area (Å²) in [6.45, 7) is 6.82. The van der Waals surface area contributed by atoms with Gasteiger partial charge in [0.15, 0.2) is 0 Å². The summed E-state index contributed by atoms with van der Waals surface area (Å²) in [6, 6.07) is 5.22. The van der Waals surface area contributed by atoms with Crippen molar-refractivity contribution >= 4 is 36.5 Å². The molecule has 2 atom stereocenters. The second-order valence-electron chi connectivity index (χ2n) is 8.06. The maximum Gasteiger partial charge on any atom is 0.408 e. The van der Waals surface area contributed by atoms with Crippen LogP contribution in [0.3, 0.4) is 0 Å². The lowest BCUT2D eigenvalue weighted by molar-refractivity contribution is -0.143. The first-order valence-corrected chi connectivity index (χ1v) is 11.2. The van der Waals surface area contributed by atoms with Gasteiger partial charge in [-0.25, -0.2) is 4.79 Å². The minimum atomic E-state index is -1.32. The van der Waals surface area contributed by atoms with Crippen LogP contribution >= 0.6 is 12.6 Å². The topological polar surface area (TPSA) is 134 Å². The van der Waals surface area contributed by atoms with Gasteiger partial charge in [-0.1, -0.05) is 18.6 Å². The summed E-state index contributed by atoms with van der Waals surface area (Å²) in [4.78, 5) is 50.8. The minimum Gasteiger partial charge on any atom is -0.508 e. The van der Waals surface area contributed by atoms with Crippen LogP contribution in [0.2, 0.25) is 0 Å². The average molecular weight is 494 g/mol. The van der Waals surface area contributed by atoms with E-state index in [1.54, 1.807) is 27.7 Å². The van der Waals surface area contributed by atoms with E-state index in [1.165, 1.54) is 24.3 Å². The Bertz CT molecular complexity index is 907. The first kappa shape index (κ1) is 28.6. The molecule has 1 aromatic rings. The molecule has 0 aliphatic rings. The van der Waals surface area contributed by atoms with Crippen molar-refractivity contribution in [1.82, 2.24) is 15.5 Å². The molecule has 0 heterocycles. The van der Waals surface area contributed by atoms with E-state index in [2.05, 4.69) is 29.3 Å². The van der Waals surface area contributed by atoms with Gasteiger partial charge in [0.05, 0.1) is 13.0 Å². The molecule has 3 amide bonds. The Balaban J connectivity index is 3.15. The van der Waals surface area contributed by atoms with E-state index in [0.29, 0.717) is 5.56 Å². The van der Waals surface area contributed by atoms with Gasteiger partial charge in [-0.05, 0) is 45.4 Å². The van der Waals surface area contributed by atoms with Crippen LogP contribution in [0.15, 0.2) is 24.3 Å². The third kappa shape index (κ3) is 9.23. The third-order valence-corrected chi connectivity index (χ3v) is 4.56. The number of hydrogen-bond acceptors (Lipinski definition) is 8. The molecule has 0 spiro atoms. The van der Waals surface area contributed by atoms with E-state index >= 15 is 0 Å². The smallest absolute Gasteiger partial charge is 0.408 e. The van der Waals surface area contributed by atoms with E-state index in [1.807, 2.05) is 0 Å². The Morgan fingerprint density at radius 2 is 1.82 bits per heavy atom. The number of benzene rings is 1. The molecule has 0 aromatic heterocycles. The van der Waals surface area contributed by atoms with Crippen molar-refractivity contribution < 1.29 is 33.8 Å². The van der Waals surface area contributed by atoms with Gasteiger partial charge < -0.3 is 25.2 Å². The van der Waals surface area contributed by atoms with Crippen LogP contribution < -0.4 is 10.6 Å². The number of carbonyl (C=O) groups excluding carboxylic acids is 4. The molecule has 0 bridgehead atoms. The highest BCUT2D eigenvalue weighted by Crippen LogP contribution is 2.24. The van der Waals surface area contributed by atoms with Gasteiger partial charge in [0.2, 0.25) is 5.91 Å². The molecule has 186 valence electrons. The SMILES string of the molecule is C#CN(C(=O)C(CS)NC(=O)OC(C)(C)C)C(C(=O)NCCC(=O)OCC)c1ccc(O)cc1. The number of rotatable bonds is 10. The summed E-state index contributed by atoms with van der Waals surface area (Å²) >= 11 is 4.12. The highest BCUT2D eigenvalue weighted by Gasteiger charge is 2.35. The first-order chi connectivity index (χ1) is 15.9. The fourth-order valence-electron chi connectivity index (χ4n) is 2.76. The van der Waals surface area contributed by atoms with Crippen LogP contribution in [0.25, 0.3) is 0 Å². The fourth-order valence-corrected chi connectivity index (χ4v) is 3.01. The number of phenols is 1. The quantitative estimate of drug-likeness (QED) is 0.169. The van der Waals surface area contributed by atoms with E-state index in [9.17, 15) is 24.3 Å². The summed E-state index contributed by atoms with van der Waals surface area (Å²) in [7, 11) is 0. The first-order valence-electron chi connectivity index (χ1n) is 10.5. The largest absolute Gasteiger partial charge is 0.508 e. The molecule has 34 heavy (non-hydrogen) atoms. The number of nitrogens with zero attached hydrogens (tertiary/aromatic N) is 1. The monoisotopic (exact) mass is 493 g/mol. The summed E-state index contributed by atoms with van der Waals surface area (Å²) in [6.07, 6.45) is 4.68. The summed E-state index contributed by atoms with van der Waals surface area (Å²) in [5, 5.41) is 14.6. The molecule has 0 aliphatic heterocycles. The van der Waals surface area contributed by atoms with E-state index in [0.717, 1.165) is 4.90 Å². The standard InChI is InChI=1S/C23H31N3O7S/c1-6-26(21(30)17(14-34)25-22(31)33-23(3,4)5)19(15-8-10-16(27)11-9-15)20(29)24-13-12-18(28)32-7-2/h1,8-11,17,19,27,34H,7,12-14H2,2-5H3,(H,24,29)(H,25,31). The second kappa shape index (κ2) is 13.3. The molecule has 0 saturated carbocycles. The number of thiol groups is 1. The normalized spacial score (nSPS) is 12.5. The van der Waals surface area contributed by atoms with Crippen LogP contribution in [0.4, 0.5) is 4.79 Å². The number of alkyl carbamates (subject to hydrolysis) is 1. The number of amides is 3. The van der Waals surface area contributed by atoms with Crippen LogP contribution in [0.1, 0.15) is 45.7 Å². The number of hydrogen-bond donors (Lipinski definition) is 4. The lowest BCUT2D eigenvalue weighted by atomic mass is 10.0. The van der Waals surface area contributed by atoms with E-state index in [4.69, 9.17) is 15.9 Å². The molecule has 0 aliphatic carbocycles. The van der Waals surface area contributed by atoms with Gasteiger partial charge in [0, 0.05) is 18.3 Å². The molecule has 1 rings (SSSR count). The molecule has 0 radical (unpaired) electrons. The molecule has 11 heteroatoms. The van der Waals surface area contributed by atoms with E-state index in [-0.39, 0.29) is 31.1 Å². The Hall–Kier alpha value is -3.39. The van der Waals surface area contributed by atoms with Crippen molar-refractivity contribution in [1.29, 1.82) is 0 Å². The predicted molar refractivity (Wildman–Crippen MR) is 128 cm³/mol. The highest BCUT2D eigenvalue weighted by molar-refractivity contribution is 7.80. The minimum absolute atomic E-state index is 0.0506. The van der Waals surface area contributed by atoms with Crippen molar-refractivity contribution in [2.75, 3.05) is 18.9 Å². The third-order valence-electron chi connectivity index (χ3n) is 4.20. The lowest BCUT2D eigenvalue weighted by Gasteiger charge is -2.30. The number of nitrogens with one attached hydrogen (secondary N) is 2. The van der Waals surface area contributed by atoms with Crippen molar-refractivity contribution in [3.8, 4) is 18.2 Å². The Kier molecular flexibility index (Phi) is 11.2. The molecule has 2 unspecified atom stereocenters. The van der Waals surface area contributed by atoms with Crippen molar-refractivity contribution in [3.05, 3.63) is 29.8 Å². The van der Waals surface area contributed by atoms with Crippen molar-refractivity contribution in [3.63, 3.8) is 0 Å². The zero-order valence-corrected chi connectivity index (χ0v) is 20.6. The molecular weight excluding hydrogens is 462 g/mol. The van der Waals surface area contributed by atoms with Gasteiger partial charge in [-0.3, -0.25) is 19.3 Å². The average Bonchev–Trinajstić information content (AvgIpc) is 2.75. The molecule has 3 N–H and O–H groups in total. The number of esters is 1. The van der Waals surface area contributed by atoms with Crippen LogP contribution in [-0.4, -0.2) is 64.4 Å². The van der Waals surface area contributed by atoms with Gasteiger partial charge >= 0.3 is 12.1 Å². The van der Waals surface area contributed by atoms with Gasteiger partial charge in [0.25, 0.3) is 5.91 Å². The number of aromatic hydroxyl groups is 1. The predicted octanol–water partition coefficient (Wildman–Crippen LogP) is 1.75. The van der Waals surface area contributed by atoms with E-state index < -0.39 is 41.6 Å². The summed E-state index contributed by atoms with van der Waals surface area (Å²) in [5.41, 5.74) is -0.499. The van der Waals surface area contributed by atoms with Crippen LogP contribution in [0.5, 0.6) is 5.75 Å². The number of phenolic OH excluding ortho intramolecular Hbond substituents is 1. The van der Waals surface area contributed by atoms with Crippen molar-refractivity contribution in [2.24, 2.45) is 0 Å². The number of ether oxygens (including phenoxy) is 2. The van der Waals surface area contributed by atoms with Crippen LogP contribution in [0, 0.1) is 12.5 Å². The molecule has 0 saturated heterocycles. The Morgan fingerprint density at radius 1 is 1.21 bits per heavy atom. The van der Waals surface area contributed by atoms with Crippen LogP contribution in [-0.2, 0) is 23.9 Å². The summed E-state index contributed by atoms with van der Waals surface area (Å²) in [5.74, 6) is -2.11. The number of terminal acetylenes is 1. The highest BCUT2D eigenvalue weighted by atomic mass is 32.1. The zero-order valence-electron chi connectivity index (χ0n) is 19.7. The fraction of sp³-hybridized carbons (Fsp3) is 0.478. The molecule has 10 nitrogen and oxygen atoms in total. The van der Waals surface area contributed by atoms with Gasteiger partial charge in [-0.15, -0.1) is 0 Å². The maximum absolute atomic E-state index is 13.2. The van der Waals surface area contributed by atoms with Gasteiger partial charge in [-0.2, -0.15) is 12.6 Å². The lowest BCUT2D eigenvalue weighted by Crippen LogP contribution is -2.52.